The van der Waals surface area contributed by atoms with E-state index in [1.807, 2.05) is 0 Å². The predicted molar refractivity (Wildman–Crippen MR) is 45.9 cm³/mol. The zero-order chi connectivity index (χ0) is 6.69. The van der Waals surface area contributed by atoms with Gasteiger partial charge in [-0.15, -0.1) is 12.4 Å². The molecule has 1 aromatic heterocycles. The maximum absolute atomic E-state index is 5.78. The van der Waals surface area contributed by atoms with Crippen molar-refractivity contribution in [2.45, 2.75) is 13.3 Å². The van der Waals surface area contributed by atoms with Crippen LogP contribution in [0.1, 0.15) is 12.5 Å². The molecule has 0 saturated heterocycles. The second-order valence-corrected chi connectivity index (χ2v) is 2.23. The summed E-state index contributed by atoms with van der Waals surface area (Å²) in [6.07, 6.45) is 4.44. The number of aromatic nitrogens is 1. The van der Waals surface area contributed by atoms with E-state index in [2.05, 4.69) is 11.9 Å². The summed E-state index contributed by atoms with van der Waals surface area (Å²) in [5.41, 5.74) is 1.11. The van der Waals surface area contributed by atoms with Gasteiger partial charge in [-0.05, 0) is 18.1 Å². The molecule has 0 saturated carbocycles. The van der Waals surface area contributed by atoms with Crippen LogP contribution in [0.15, 0.2) is 18.5 Å². The molecule has 1 rings (SSSR count). The number of halogens is 2. The second kappa shape index (κ2) is 4.53. The fraction of sp³-hybridized carbons (Fsp3) is 0.286. The summed E-state index contributed by atoms with van der Waals surface area (Å²) >= 11 is 5.78. The molecule has 0 atom stereocenters. The molecular weight excluding hydrogens is 169 g/mol. The Bertz CT molecular complexity index is 201. The Labute approximate surface area is 71.8 Å². The molecular formula is C7H9Cl2N. The normalized spacial score (nSPS) is 8.60. The van der Waals surface area contributed by atoms with E-state index in [1.165, 1.54) is 0 Å². The first-order valence-corrected chi connectivity index (χ1v) is 3.30. The van der Waals surface area contributed by atoms with Gasteiger partial charge in [-0.1, -0.05) is 18.5 Å². The standard InChI is InChI=1S/C7H8ClN.ClH/c1-2-6-5-9-4-3-7(6)8;/h3-5H,2H2,1H3;1H. The topological polar surface area (TPSA) is 12.9 Å². The van der Waals surface area contributed by atoms with Gasteiger partial charge in [-0.3, -0.25) is 4.98 Å². The Morgan fingerprint density at radius 3 is 2.70 bits per heavy atom. The Morgan fingerprint density at radius 2 is 2.30 bits per heavy atom. The van der Waals surface area contributed by atoms with Gasteiger partial charge in [0, 0.05) is 17.4 Å². The third kappa shape index (κ3) is 2.16. The van der Waals surface area contributed by atoms with Gasteiger partial charge in [0.2, 0.25) is 0 Å². The summed E-state index contributed by atoms with van der Waals surface area (Å²) in [5.74, 6) is 0. The first kappa shape index (κ1) is 9.73. The summed E-state index contributed by atoms with van der Waals surface area (Å²) in [5, 5.41) is 0.813. The van der Waals surface area contributed by atoms with E-state index in [0.717, 1.165) is 17.0 Å². The molecule has 0 aromatic carbocycles. The quantitative estimate of drug-likeness (QED) is 0.644. The van der Waals surface area contributed by atoms with Crippen molar-refractivity contribution < 1.29 is 0 Å². The molecule has 0 bridgehead atoms. The number of rotatable bonds is 1. The van der Waals surface area contributed by atoms with Crippen molar-refractivity contribution in [3.63, 3.8) is 0 Å². The SMILES string of the molecule is CCc1cnccc1Cl.Cl. The Balaban J connectivity index is 0.000000810. The van der Waals surface area contributed by atoms with Gasteiger partial charge < -0.3 is 0 Å². The third-order valence-corrected chi connectivity index (χ3v) is 1.59. The lowest BCUT2D eigenvalue weighted by Crippen LogP contribution is -1.81. The summed E-state index contributed by atoms with van der Waals surface area (Å²) < 4.78 is 0. The molecule has 10 heavy (non-hydrogen) atoms. The van der Waals surface area contributed by atoms with Gasteiger partial charge in [-0.25, -0.2) is 0 Å². The van der Waals surface area contributed by atoms with Crippen LogP contribution < -0.4 is 0 Å². The van der Waals surface area contributed by atoms with Crippen molar-refractivity contribution in [3.8, 4) is 0 Å². The summed E-state index contributed by atoms with van der Waals surface area (Å²) in [7, 11) is 0. The van der Waals surface area contributed by atoms with Crippen molar-refractivity contribution in [2.75, 3.05) is 0 Å². The summed E-state index contributed by atoms with van der Waals surface area (Å²) in [4.78, 5) is 3.93. The van der Waals surface area contributed by atoms with Crippen molar-refractivity contribution in [3.05, 3.63) is 29.0 Å². The Hall–Kier alpha value is -0.270. The van der Waals surface area contributed by atoms with Crippen LogP contribution in [0.5, 0.6) is 0 Å². The van der Waals surface area contributed by atoms with E-state index in [0.29, 0.717) is 0 Å². The van der Waals surface area contributed by atoms with Crippen molar-refractivity contribution in [1.82, 2.24) is 4.98 Å². The van der Waals surface area contributed by atoms with Crippen LogP contribution in [0.2, 0.25) is 5.02 Å². The lowest BCUT2D eigenvalue weighted by Gasteiger charge is -1.95. The zero-order valence-corrected chi connectivity index (χ0v) is 7.25. The van der Waals surface area contributed by atoms with Crippen LogP contribution >= 0.6 is 24.0 Å². The first-order chi connectivity index (χ1) is 4.34. The maximum Gasteiger partial charge on any atom is 0.0468 e. The van der Waals surface area contributed by atoms with E-state index in [4.69, 9.17) is 11.6 Å². The summed E-state index contributed by atoms with van der Waals surface area (Å²) in [6.45, 7) is 2.06. The van der Waals surface area contributed by atoms with Gasteiger partial charge in [0.25, 0.3) is 0 Å². The van der Waals surface area contributed by atoms with Crippen LogP contribution in [-0.4, -0.2) is 4.98 Å². The van der Waals surface area contributed by atoms with Gasteiger partial charge in [0.15, 0.2) is 0 Å². The molecule has 1 nitrogen and oxygen atoms in total. The number of aryl methyl sites for hydroxylation is 1. The van der Waals surface area contributed by atoms with Crippen LogP contribution in [0, 0.1) is 0 Å². The van der Waals surface area contributed by atoms with Crippen LogP contribution in [0.25, 0.3) is 0 Å². The maximum atomic E-state index is 5.78. The monoisotopic (exact) mass is 177 g/mol. The molecule has 0 fully saturated rings. The molecule has 0 radical (unpaired) electrons. The Morgan fingerprint density at radius 1 is 1.60 bits per heavy atom. The molecule has 0 unspecified atom stereocenters. The number of nitrogens with zero attached hydrogens (tertiary/aromatic N) is 1. The lowest BCUT2D eigenvalue weighted by atomic mass is 10.2. The second-order valence-electron chi connectivity index (χ2n) is 1.82. The van der Waals surface area contributed by atoms with Gasteiger partial charge in [0.05, 0.1) is 0 Å². The van der Waals surface area contributed by atoms with E-state index >= 15 is 0 Å². The van der Waals surface area contributed by atoms with E-state index in [1.54, 1.807) is 18.5 Å². The third-order valence-electron chi connectivity index (χ3n) is 1.22. The highest BCUT2D eigenvalue weighted by molar-refractivity contribution is 6.31. The average Bonchev–Trinajstić information content (AvgIpc) is 1.89. The van der Waals surface area contributed by atoms with Gasteiger partial charge in [-0.2, -0.15) is 0 Å². The molecule has 0 aliphatic heterocycles. The number of pyridine rings is 1. The highest BCUT2D eigenvalue weighted by Gasteiger charge is 1.92. The fourth-order valence-corrected chi connectivity index (χ4v) is 0.909. The molecule has 0 spiro atoms. The smallest absolute Gasteiger partial charge is 0.0468 e. The minimum atomic E-state index is 0. The predicted octanol–water partition coefficient (Wildman–Crippen LogP) is 2.72. The van der Waals surface area contributed by atoms with Crippen LogP contribution in [0.3, 0.4) is 0 Å². The molecule has 0 N–H and O–H groups in total. The molecule has 0 aliphatic carbocycles. The highest BCUT2D eigenvalue weighted by Crippen LogP contribution is 2.12. The molecule has 56 valence electrons. The van der Waals surface area contributed by atoms with Gasteiger partial charge in [0.1, 0.15) is 0 Å². The van der Waals surface area contributed by atoms with E-state index < -0.39 is 0 Å². The summed E-state index contributed by atoms with van der Waals surface area (Å²) in [6, 6.07) is 1.81. The number of hydrogen-bond donors (Lipinski definition) is 0. The van der Waals surface area contributed by atoms with E-state index in [9.17, 15) is 0 Å². The van der Waals surface area contributed by atoms with Crippen molar-refractivity contribution in [1.29, 1.82) is 0 Å². The zero-order valence-electron chi connectivity index (χ0n) is 5.67. The van der Waals surface area contributed by atoms with Crippen LogP contribution in [-0.2, 0) is 6.42 Å². The number of hydrogen-bond acceptors (Lipinski definition) is 1. The van der Waals surface area contributed by atoms with Crippen LogP contribution in [0.4, 0.5) is 0 Å². The van der Waals surface area contributed by atoms with Crippen molar-refractivity contribution in [2.24, 2.45) is 0 Å². The van der Waals surface area contributed by atoms with E-state index in [-0.39, 0.29) is 12.4 Å². The molecule has 1 heterocycles. The first-order valence-electron chi connectivity index (χ1n) is 2.93. The molecule has 0 amide bonds. The largest absolute Gasteiger partial charge is 0.264 e. The molecule has 3 heteroatoms. The molecule has 1 aromatic rings. The minimum Gasteiger partial charge on any atom is -0.264 e. The fourth-order valence-electron chi connectivity index (χ4n) is 0.670. The highest BCUT2D eigenvalue weighted by atomic mass is 35.5. The Kier molecular flexibility index (Phi) is 4.41. The lowest BCUT2D eigenvalue weighted by molar-refractivity contribution is 1.10. The molecule has 0 aliphatic rings. The van der Waals surface area contributed by atoms with Crippen molar-refractivity contribution >= 4 is 24.0 Å². The average molecular weight is 178 g/mol. The van der Waals surface area contributed by atoms with Gasteiger partial charge >= 0.3 is 0 Å². The minimum absolute atomic E-state index is 0.